The van der Waals surface area contributed by atoms with Gasteiger partial charge < -0.3 is 9.80 Å². The SMILES string of the molecule is [B]B([B])B([B])B(B([B])[B])B1C(N2C=CN(C)[C@@H]2C)[C@@H]1C. The van der Waals surface area contributed by atoms with E-state index in [9.17, 15) is 0 Å². The van der Waals surface area contributed by atoms with Crippen LogP contribution in [0.2, 0.25) is 5.82 Å². The molecule has 20 heavy (non-hydrogen) atoms. The third-order valence-corrected chi connectivity index (χ3v) is 5.02. The van der Waals surface area contributed by atoms with Crippen LogP contribution >= 0.6 is 0 Å². The van der Waals surface area contributed by atoms with Crippen molar-refractivity contribution < 1.29 is 0 Å². The van der Waals surface area contributed by atoms with E-state index in [1.54, 1.807) is 0 Å². The van der Waals surface area contributed by atoms with Gasteiger partial charge in [0, 0.05) is 83.7 Å². The molecular formula is C8H14B10N2. The van der Waals surface area contributed by atoms with Gasteiger partial charge in [0.25, 0.3) is 0 Å². The quantitative estimate of drug-likeness (QED) is 0.494. The van der Waals surface area contributed by atoms with Crippen molar-refractivity contribution in [1.29, 1.82) is 0 Å². The monoisotopic (exact) mass is 248 g/mol. The molecule has 1 saturated heterocycles. The molecule has 2 heterocycles. The second kappa shape index (κ2) is 6.01. The van der Waals surface area contributed by atoms with E-state index in [1.807, 2.05) is 0 Å². The number of hydrogen-bond acceptors (Lipinski definition) is 2. The molecule has 2 nitrogen and oxygen atoms in total. The van der Waals surface area contributed by atoms with Gasteiger partial charge in [-0.1, -0.05) is 12.7 Å². The smallest absolute Gasteiger partial charge is 0.123 e. The highest BCUT2D eigenvalue weighted by Crippen LogP contribution is 2.44. The van der Waals surface area contributed by atoms with Crippen LogP contribution in [0, 0.1) is 0 Å². The Bertz CT molecular complexity index is 378. The minimum atomic E-state index is -0.600. The van der Waals surface area contributed by atoms with E-state index >= 15 is 0 Å². The van der Waals surface area contributed by atoms with Gasteiger partial charge in [0.2, 0.25) is 0 Å². The molecule has 1 unspecified atom stereocenters. The zero-order valence-corrected chi connectivity index (χ0v) is 12.6. The summed E-state index contributed by atoms with van der Waals surface area (Å²) in [6, 6.07) is 0. The molecule has 2 rings (SSSR count). The maximum atomic E-state index is 6.13. The third-order valence-electron chi connectivity index (χ3n) is 5.02. The molecule has 0 aromatic carbocycles. The van der Waals surface area contributed by atoms with Crippen molar-refractivity contribution in [3.8, 4) is 0 Å². The van der Waals surface area contributed by atoms with Gasteiger partial charge in [-0.2, -0.15) is 0 Å². The van der Waals surface area contributed by atoms with E-state index in [0.29, 0.717) is 24.5 Å². The largest absolute Gasteiger partial charge is 0.362 e. The molecule has 0 aliphatic carbocycles. The van der Waals surface area contributed by atoms with E-state index in [-0.39, 0.29) is 12.8 Å². The molecule has 86 valence electrons. The van der Waals surface area contributed by atoms with Crippen molar-refractivity contribution in [2.75, 3.05) is 7.05 Å². The first-order valence-corrected chi connectivity index (χ1v) is 7.23. The molecule has 10 radical (unpaired) electrons. The van der Waals surface area contributed by atoms with Crippen molar-refractivity contribution >= 4 is 70.8 Å². The molecule has 3 atom stereocenters. The standard InChI is InChI=1S/C8H14B10N2/c1-6-8(20-5-4-19(3)7(20)2)14(6)18(16(11)12)17(13)15(9)10/h4-8H,1-3H3/t6-,7-,8?/m0/s1. The summed E-state index contributed by atoms with van der Waals surface area (Å²) in [4.78, 5) is 4.52. The highest BCUT2D eigenvalue weighted by Gasteiger charge is 2.59. The second-order valence-corrected chi connectivity index (χ2v) is 6.28. The Morgan fingerprint density at radius 1 is 1.00 bits per heavy atom. The molecule has 0 aromatic rings. The van der Waals surface area contributed by atoms with Crippen LogP contribution in [0.1, 0.15) is 13.8 Å². The lowest BCUT2D eigenvalue weighted by atomic mass is 8.57. The molecule has 0 amide bonds. The summed E-state index contributed by atoms with van der Waals surface area (Å²) in [6.45, 7) is 4.71. The maximum Gasteiger partial charge on any atom is 0.123 e. The number of rotatable bonds is 5. The zero-order valence-electron chi connectivity index (χ0n) is 12.6. The maximum absolute atomic E-state index is 6.13. The molecular weight excluding hydrogens is 232 g/mol. The highest BCUT2D eigenvalue weighted by molar-refractivity contribution is 8.01. The summed E-state index contributed by atoms with van der Waals surface area (Å²) in [5, 5.41) is 0. The molecule has 2 aliphatic rings. The van der Waals surface area contributed by atoms with Gasteiger partial charge in [-0.05, 0) is 12.9 Å². The lowest BCUT2D eigenvalue weighted by molar-refractivity contribution is 0.193. The number of nitrogens with zero attached hydrogens (tertiary/aromatic N) is 2. The fraction of sp³-hybridized carbons (Fsp3) is 0.750. The molecule has 0 N–H and O–H groups in total. The van der Waals surface area contributed by atoms with E-state index in [1.165, 1.54) is 0 Å². The van der Waals surface area contributed by atoms with E-state index in [2.05, 4.69) is 43.1 Å². The minimum Gasteiger partial charge on any atom is -0.362 e. The summed E-state index contributed by atoms with van der Waals surface area (Å²) in [6.07, 6.45) is 2.99. The Morgan fingerprint density at radius 2 is 1.60 bits per heavy atom. The Hall–Kier alpha value is -0.0106. The van der Waals surface area contributed by atoms with E-state index < -0.39 is 12.8 Å². The van der Waals surface area contributed by atoms with Crippen molar-refractivity contribution in [3.63, 3.8) is 0 Å². The number of hydrogen-bond donors (Lipinski definition) is 0. The summed E-state index contributed by atoms with van der Waals surface area (Å²) >= 11 is 0. The molecule has 12 heteroatoms. The van der Waals surface area contributed by atoms with Gasteiger partial charge >= 0.3 is 0 Å². The van der Waals surface area contributed by atoms with Crippen molar-refractivity contribution in [2.45, 2.75) is 31.8 Å². The van der Waals surface area contributed by atoms with E-state index in [4.69, 9.17) is 38.7 Å². The lowest BCUT2D eigenvalue weighted by Gasteiger charge is -2.30. The van der Waals surface area contributed by atoms with Crippen LogP contribution in [0.15, 0.2) is 12.4 Å². The van der Waals surface area contributed by atoms with Crippen LogP contribution in [0.3, 0.4) is 0 Å². The Labute approximate surface area is 132 Å². The third kappa shape index (κ3) is 2.81. The predicted octanol–water partition coefficient (Wildman–Crippen LogP) is -2.52. The van der Waals surface area contributed by atoms with Crippen LogP contribution in [0.25, 0.3) is 0 Å². The first-order valence-electron chi connectivity index (χ1n) is 7.23. The van der Waals surface area contributed by atoms with Gasteiger partial charge in [0.15, 0.2) is 0 Å². The Morgan fingerprint density at radius 3 is 2.00 bits per heavy atom. The van der Waals surface area contributed by atoms with Gasteiger partial charge in [-0.15, -0.1) is 0 Å². The molecule has 0 spiro atoms. The molecule has 2 aliphatic heterocycles. The fourth-order valence-electron chi connectivity index (χ4n) is 3.54. The summed E-state index contributed by atoms with van der Waals surface area (Å²) < 4.78 is 0. The van der Waals surface area contributed by atoms with Crippen LogP contribution in [-0.2, 0) is 0 Å². The first-order chi connectivity index (χ1) is 9.27. The van der Waals surface area contributed by atoms with E-state index in [0.717, 1.165) is 0 Å². The van der Waals surface area contributed by atoms with Gasteiger partial charge in [0.05, 0.1) is 6.17 Å². The van der Waals surface area contributed by atoms with Gasteiger partial charge in [-0.25, -0.2) is 0 Å². The van der Waals surface area contributed by atoms with Crippen molar-refractivity contribution in [2.24, 2.45) is 0 Å². The van der Waals surface area contributed by atoms with Crippen LogP contribution < -0.4 is 0 Å². The molecule has 0 saturated carbocycles. The van der Waals surface area contributed by atoms with Crippen LogP contribution in [0.5, 0.6) is 0 Å². The highest BCUT2D eigenvalue weighted by atomic mass is 15.4. The topological polar surface area (TPSA) is 6.48 Å². The first kappa shape index (κ1) is 16.4. The average molecular weight is 246 g/mol. The molecule has 0 bridgehead atoms. The Kier molecular flexibility index (Phi) is 4.91. The van der Waals surface area contributed by atoms with Crippen LogP contribution in [-0.4, -0.2) is 99.8 Å². The fourth-order valence-corrected chi connectivity index (χ4v) is 3.54. The van der Waals surface area contributed by atoms with Gasteiger partial charge in [0.1, 0.15) is 6.60 Å². The predicted molar refractivity (Wildman–Crippen MR) is 99.0 cm³/mol. The summed E-state index contributed by atoms with van der Waals surface area (Å²) in [7, 11) is 31.6. The summed E-state index contributed by atoms with van der Waals surface area (Å²) in [5.41, 5.74) is 0. The molecule has 0 aromatic heterocycles. The van der Waals surface area contributed by atoms with Gasteiger partial charge in [-0.3, -0.25) is 0 Å². The zero-order chi connectivity index (χ0) is 15.2. The van der Waals surface area contributed by atoms with Crippen molar-refractivity contribution in [3.05, 3.63) is 12.4 Å². The lowest BCUT2D eigenvalue weighted by Crippen LogP contribution is -2.64. The minimum absolute atomic E-state index is 0.0680. The molecule has 1 fully saturated rings. The normalized spacial score (nSPS) is 27.8. The summed E-state index contributed by atoms with van der Waals surface area (Å²) in [5.74, 6) is 0.883. The van der Waals surface area contributed by atoms with Crippen molar-refractivity contribution in [1.82, 2.24) is 9.80 Å². The van der Waals surface area contributed by atoms with Crippen LogP contribution in [0.4, 0.5) is 0 Å². The second-order valence-electron chi connectivity index (χ2n) is 6.28. The average Bonchev–Trinajstić information content (AvgIpc) is 2.87. The Balaban J connectivity index is 2.11.